The molecule has 0 aromatic carbocycles. The number of carbonyl (C=O) groups excluding carboxylic acids is 1. The van der Waals surface area contributed by atoms with Gasteiger partial charge in [0, 0.05) is 5.57 Å². The maximum absolute atomic E-state index is 11.9. The molecular weight excluding hydrogens is 312 g/mol. The maximum atomic E-state index is 11.9. The Labute approximate surface area is 142 Å². The quantitative estimate of drug-likeness (QED) is 0.392. The van der Waals surface area contributed by atoms with Gasteiger partial charge in [-0.15, -0.1) is 0 Å². The van der Waals surface area contributed by atoms with Crippen LogP contribution < -0.4 is 0 Å². The number of rotatable bonds is 8. The topological polar surface area (TPSA) is 107 Å². The first kappa shape index (κ1) is 19.1. The summed E-state index contributed by atoms with van der Waals surface area (Å²) in [6.45, 7) is 2.19. The molecule has 0 bridgehead atoms. The molecule has 0 saturated carbocycles. The summed E-state index contributed by atoms with van der Waals surface area (Å²) in [5.41, 5.74) is -0.0423. The molecule has 6 nitrogen and oxygen atoms in total. The van der Waals surface area contributed by atoms with E-state index in [2.05, 4.69) is 6.92 Å². The van der Waals surface area contributed by atoms with E-state index in [0.717, 1.165) is 12.8 Å². The van der Waals surface area contributed by atoms with Crippen LogP contribution in [0.2, 0.25) is 0 Å². The standard InChI is InChI=1S/C18H28O6/c1-2-3-4-5-6-7-8-9-10-11-12-13(18(23)24-11)15(20)17(22)16(21)14(12)19/h10,14-17,19-22H,2-9H2,1H3/b11-10-/t14-,15-,16+,17+/m1/s1. The van der Waals surface area contributed by atoms with Gasteiger partial charge in [-0.1, -0.05) is 45.4 Å². The third kappa shape index (κ3) is 4.06. The third-order valence-corrected chi connectivity index (χ3v) is 4.70. The number of esters is 1. The average molecular weight is 340 g/mol. The number of aliphatic hydroxyl groups is 4. The fourth-order valence-corrected chi connectivity index (χ4v) is 3.24. The van der Waals surface area contributed by atoms with E-state index in [0.29, 0.717) is 6.42 Å². The van der Waals surface area contributed by atoms with Gasteiger partial charge in [-0.3, -0.25) is 0 Å². The lowest BCUT2D eigenvalue weighted by Gasteiger charge is -2.32. The molecule has 0 spiro atoms. The summed E-state index contributed by atoms with van der Waals surface area (Å²) in [6.07, 6.45) is 4.45. The first-order valence-corrected chi connectivity index (χ1v) is 8.88. The summed E-state index contributed by atoms with van der Waals surface area (Å²) in [5, 5.41) is 39.5. The zero-order valence-electron chi connectivity index (χ0n) is 14.1. The van der Waals surface area contributed by atoms with E-state index >= 15 is 0 Å². The van der Waals surface area contributed by atoms with E-state index in [-0.39, 0.29) is 16.9 Å². The van der Waals surface area contributed by atoms with Gasteiger partial charge in [-0.05, 0) is 18.9 Å². The van der Waals surface area contributed by atoms with Crippen LogP contribution in [-0.4, -0.2) is 50.8 Å². The first-order valence-electron chi connectivity index (χ1n) is 8.88. The lowest BCUT2D eigenvalue weighted by Crippen LogP contribution is -2.50. The molecule has 24 heavy (non-hydrogen) atoms. The molecule has 4 atom stereocenters. The molecule has 6 heteroatoms. The number of allylic oxidation sites excluding steroid dienone is 1. The van der Waals surface area contributed by atoms with Crippen molar-refractivity contribution >= 4 is 5.97 Å². The minimum Gasteiger partial charge on any atom is -0.423 e. The zero-order valence-corrected chi connectivity index (χ0v) is 14.1. The fourth-order valence-electron chi connectivity index (χ4n) is 3.24. The van der Waals surface area contributed by atoms with E-state index < -0.39 is 30.4 Å². The Hall–Kier alpha value is -1.21. The Kier molecular flexibility index (Phi) is 6.98. The predicted molar refractivity (Wildman–Crippen MR) is 87.8 cm³/mol. The van der Waals surface area contributed by atoms with Gasteiger partial charge in [-0.2, -0.15) is 0 Å². The van der Waals surface area contributed by atoms with Crippen LogP contribution in [0.5, 0.6) is 0 Å². The number of unbranched alkanes of at least 4 members (excludes halogenated alkanes) is 7. The van der Waals surface area contributed by atoms with Crippen molar-refractivity contribution < 1.29 is 30.0 Å². The molecule has 0 fully saturated rings. The smallest absolute Gasteiger partial charge is 0.342 e. The molecule has 0 radical (unpaired) electrons. The first-order chi connectivity index (χ1) is 11.5. The highest BCUT2D eigenvalue weighted by Gasteiger charge is 2.49. The highest BCUT2D eigenvalue weighted by Crippen LogP contribution is 2.38. The van der Waals surface area contributed by atoms with Crippen LogP contribution in [0.1, 0.15) is 58.3 Å². The van der Waals surface area contributed by atoms with Crippen molar-refractivity contribution in [2.24, 2.45) is 0 Å². The number of cyclic esters (lactones) is 1. The minimum absolute atomic E-state index is 0.105. The number of carbonyl (C=O) groups is 1. The van der Waals surface area contributed by atoms with Crippen molar-refractivity contribution in [3.8, 4) is 0 Å². The van der Waals surface area contributed by atoms with Crippen molar-refractivity contribution in [2.45, 2.75) is 82.7 Å². The van der Waals surface area contributed by atoms with Gasteiger partial charge in [0.2, 0.25) is 0 Å². The van der Waals surface area contributed by atoms with E-state index in [9.17, 15) is 25.2 Å². The summed E-state index contributed by atoms with van der Waals surface area (Å²) in [6, 6.07) is 0. The van der Waals surface area contributed by atoms with Crippen molar-refractivity contribution in [3.63, 3.8) is 0 Å². The molecule has 2 rings (SSSR count). The molecule has 0 aromatic rings. The molecular formula is C18H28O6. The summed E-state index contributed by atoms with van der Waals surface area (Å²) in [7, 11) is 0. The van der Waals surface area contributed by atoms with E-state index in [1.54, 1.807) is 6.08 Å². The summed E-state index contributed by atoms with van der Waals surface area (Å²) in [5.74, 6) is -0.577. The van der Waals surface area contributed by atoms with Crippen LogP contribution in [0.4, 0.5) is 0 Å². The molecule has 4 N–H and O–H groups in total. The molecule has 136 valence electrons. The van der Waals surface area contributed by atoms with Crippen LogP contribution in [0, 0.1) is 0 Å². The van der Waals surface area contributed by atoms with Gasteiger partial charge in [0.15, 0.2) is 0 Å². The largest absolute Gasteiger partial charge is 0.423 e. The Morgan fingerprint density at radius 1 is 0.875 bits per heavy atom. The van der Waals surface area contributed by atoms with Gasteiger partial charge in [0.25, 0.3) is 0 Å². The number of aliphatic hydroxyl groups excluding tert-OH is 4. The molecule has 1 aliphatic heterocycles. The molecule has 1 heterocycles. The molecule has 2 aliphatic rings. The predicted octanol–water partition coefficient (Wildman–Crippen LogP) is 1.32. The second-order valence-electron chi connectivity index (χ2n) is 6.57. The van der Waals surface area contributed by atoms with Crippen LogP contribution in [-0.2, 0) is 9.53 Å². The Morgan fingerprint density at radius 2 is 1.42 bits per heavy atom. The van der Waals surface area contributed by atoms with E-state index in [1.807, 2.05) is 0 Å². The van der Waals surface area contributed by atoms with Gasteiger partial charge < -0.3 is 25.2 Å². The third-order valence-electron chi connectivity index (χ3n) is 4.70. The normalized spacial score (nSPS) is 31.5. The lowest BCUT2D eigenvalue weighted by molar-refractivity contribution is -0.136. The second kappa shape index (κ2) is 8.76. The number of ether oxygens (including phenoxy) is 1. The maximum Gasteiger partial charge on any atom is 0.342 e. The Balaban J connectivity index is 1.92. The van der Waals surface area contributed by atoms with E-state index in [1.165, 1.54) is 32.1 Å². The fraction of sp³-hybridized carbons (Fsp3) is 0.722. The number of hydrogen-bond donors (Lipinski definition) is 4. The molecule has 0 unspecified atom stereocenters. The van der Waals surface area contributed by atoms with Crippen molar-refractivity contribution in [2.75, 3.05) is 0 Å². The van der Waals surface area contributed by atoms with Gasteiger partial charge in [0.05, 0.1) is 5.57 Å². The molecule has 0 saturated heterocycles. The van der Waals surface area contributed by atoms with E-state index in [4.69, 9.17) is 4.74 Å². The van der Waals surface area contributed by atoms with Gasteiger partial charge in [0.1, 0.15) is 30.2 Å². The second-order valence-corrected chi connectivity index (χ2v) is 6.57. The monoisotopic (exact) mass is 340 g/mol. The highest BCUT2D eigenvalue weighted by atomic mass is 16.5. The Morgan fingerprint density at radius 3 is 2.04 bits per heavy atom. The van der Waals surface area contributed by atoms with Crippen LogP contribution in [0.3, 0.4) is 0 Å². The van der Waals surface area contributed by atoms with Crippen LogP contribution in [0.15, 0.2) is 23.0 Å². The van der Waals surface area contributed by atoms with Gasteiger partial charge >= 0.3 is 5.97 Å². The summed E-state index contributed by atoms with van der Waals surface area (Å²) < 4.78 is 5.11. The van der Waals surface area contributed by atoms with Crippen LogP contribution >= 0.6 is 0 Å². The summed E-state index contributed by atoms with van der Waals surface area (Å²) in [4.78, 5) is 11.9. The van der Waals surface area contributed by atoms with Crippen molar-refractivity contribution in [1.29, 1.82) is 0 Å². The average Bonchev–Trinajstić information content (AvgIpc) is 2.90. The molecule has 0 aromatic heterocycles. The molecule has 0 amide bonds. The summed E-state index contributed by atoms with van der Waals surface area (Å²) >= 11 is 0. The van der Waals surface area contributed by atoms with Crippen molar-refractivity contribution in [1.82, 2.24) is 0 Å². The highest BCUT2D eigenvalue weighted by molar-refractivity contribution is 5.96. The SMILES string of the molecule is CCCCCCCCC/C=C1\OC(=O)C2=C1[C@@H](O)[C@H](O)[C@@H](O)[C@@H]2O. The lowest BCUT2D eigenvalue weighted by atomic mass is 9.83. The van der Waals surface area contributed by atoms with Crippen LogP contribution in [0.25, 0.3) is 0 Å². The number of hydrogen-bond acceptors (Lipinski definition) is 6. The zero-order chi connectivity index (χ0) is 17.7. The Bertz CT molecular complexity index is 510. The minimum atomic E-state index is -1.60. The van der Waals surface area contributed by atoms with Gasteiger partial charge in [-0.25, -0.2) is 4.79 Å². The van der Waals surface area contributed by atoms with Crippen molar-refractivity contribution in [3.05, 3.63) is 23.0 Å². The molecule has 1 aliphatic carbocycles.